The summed E-state index contributed by atoms with van der Waals surface area (Å²) in [7, 11) is 0. The number of benzene rings is 1. The molecule has 1 saturated heterocycles. The smallest absolute Gasteiger partial charge is 0.381 e. The number of anilines is 3. The van der Waals surface area contributed by atoms with Crippen LogP contribution >= 0.6 is 11.8 Å². The van der Waals surface area contributed by atoms with Crippen molar-refractivity contribution in [3.8, 4) is 6.07 Å². The lowest BCUT2D eigenvalue weighted by Gasteiger charge is -2.28. The van der Waals surface area contributed by atoms with Gasteiger partial charge in [-0.2, -0.15) is 23.4 Å². The average Bonchev–Trinajstić information content (AvgIpc) is 2.81. The van der Waals surface area contributed by atoms with E-state index in [4.69, 9.17) is 10.5 Å². The predicted octanol–water partition coefficient (Wildman–Crippen LogP) is 3.93. The van der Waals surface area contributed by atoms with Crippen LogP contribution in [0.15, 0.2) is 29.3 Å². The molecule has 3 rings (SSSR count). The molecule has 0 bridgehead atoms. The van der Waals surface area contributed by atoms with Crippen molar-refractivity contribution in [1.82, 2.24) is 9.97 Å². The zero-order valence-electron chi connectivity index (χ0n) is 18.6. The number of rotatable bonds is 8. The van der Waals surface area contributed by atoms with Crippen LogP contribution in [-0.4, -0.2) is 48.4 Å². The number of amides is 1. The quantitative estimate of drug-likeness (QED) is 0.419. The Hall–Kier alpha value is -3.04. The first-order valence-electron chi connectivity index (χ1n) is 10.6. The lowest BCUT2D eigenvalue weighted by atomic mass is 9.96. The maximum atomic E-state index is 13.3. The summed E-state index contributed by atoms with van der Waals surface area (Å²) >= 11 is 1.18. The van der Waals surface area contributed by atoms with Crippen molar-refractivity contribution >= 4 is 35.1 Å². The van der Waals surface area contributed by atoms with Gasteiger partial charge in [0.1, 0.15) is 16.7 Å². The number of halogens is 3. The molecule has 2 heterocycles. The zero-order valence-corrected chi connectivity index (χ0v) is 19.4. The third-order valence-electron chi connectivity index (χ3n) is 5.48. The molecule has 0 saturated carbocycles. The van der Waals surface area contributed by atoms with Gasteiger partial charge in [-0.1, -0.05) is 6.07 Å². The molecule has 1 aliphatic rings. The molecule has 1 aromatic heterocycles. The van der Waals surface area contributed by atoms with Crippen molar-refractivity contribution in [2.75, 3.05) is 48.5 Å². The average molecular weight is 495 g/mol. The Morgan fingerprint density at radius 1 is 1.35 bits per heavy atom. The highest BCUT2D eigenvalue weighted by atomic mass is 32.2. The first kappa shape index (κ1) is 25.6. The van der Waals surface area contributed by atoms with E-state index in [9.17, 15) is 23.2 Å². The van der Waals surface area contributed by atoms with E-state index >= 15 is 0 Å². The Labute approximate surface area is 199 Å². The minimum absolute atomic E-state index is 0.0298. The highest BCUT2D eigenvalue weighted by molar-refractivity contribution is 7.98. The molecule has 1 aromatic carbocycles. The van der Waals surface area contributed by atoms with Crippen LogP contribution in [0, 0.1) is 17.2 Å². The fourth-order valence-electron chi connectivity index (χ4n) is 3.69. The minimum Gasteiger partial charge on any atom is -0.381 e. The molecule has 12 heteroatoms. The van der Waals surface area contributed by atoms with Gasteiger partial charge in [0.25, 0.3) is 0 Å². The Balaban J connectivity index is 1.82. The van der Waals surface area contributed by atoms with Crippen LogP contribution in [0.25, 0.3) is 0 Å². The molecule has 0 atom stereocenters. The minimum atomic E-state index is -4.50. The highest BCUT2D eigenvalue weighted by Crippen LogP contribution is 2.32. The van der Waals surface area contributed by atoms with Crippen LogP contribution in [0.3, 0.4) is 0 Å². The standard InChI is InChI=1S/C22H25F3N6O2S/c1-34-20-17(12-26)19(29-21(27)30-20)28-18(32)13-31(8-5-14-6-9-33-10-7-14)16-4-2-3-15(11-16)22(23,24)25/h2-4,11,14H,5-10,13H2,1H3,(H3,27,28,29,30,32). The van der Waals surface area contributed by atoms with Gasteiger partial charge in [-0.25, -0.2) is 4.98 Å². The largest absolute Gasteiger partial charge is 0.416 e. The Morgan fingerprint density at radius 2 is 2.09 bits per heavy atom. The van der Waals surface area contributed by atoms with Crippen molar-refractivity contribution in [2.45, 2.75) is 30.5 Å². The monoisotopic (exact) mass is 494 g/mol. The van der Waals surface area contributed by atoms with Gasteiger partial charge in [0.15, 0.2) is 5.82 Å². The van der Waals surface area contributed by atoms with E-state index in [1.165, 1.54) is 17.8 Å². The lowest BCUT2D eigenvalue weighted by molar-refractivity contribution is -0.137. The number of carbonyl (C=O) groups excluding carboxylic acids is 1. The number of aromatic nitrogens is 2. The van der Waals surface area contributed by atoms with E-state index < -0.39 is 17.6 Å². The number of hydrogen-bond acceptors (Lipinski definition) is 8. The number of nitrogen functional groups attached to an aromatic ring is 1. The Morgan fingerprint density at radius 3 is 2.74 bits per heavy atom. The number of alkyl halides is 3. The van der Waals surface area contributed by atoms with Gasteiger partial charge in [0.2, 0.25) is 11.9 Å². The molecular formula is C22H25F3N6O2S. The van der Waals surface area contributed by atoms with Crippen LogP contribution < -0.4 is 16.0 Å². The predicted molar refractivity (Wildman–Crippen MR) is 123 cm³/mol. The number of nitrogens with one attached hydrogen (secondary N) is 1. The molecule has 1 fully saturated rings. The molecular weight excluding hydrogens is 469 g/mol. The van der Waals surface area contributed by atoms with E-state index in [1.54, 1.807) is 17.2 Å². The van der Waals surface area contributed by atoms with Crippen molar-refractivity contribution < 1.29 is 22.7 Å². The summed E-state index contributed by atoms with van der Waals surface area (Å²) < 4.78 is 45.2. The summed E-state index contributed by atoms with van der Waals surface area (Å²) in [6, 6.07) is 6.85. The summed E-state index contributed by atoms with van der Waals surface area (Å²) in [4.78, 5) is 22.4. The van der Waals surface area contributed by atoms with Gasteiger partial charge >= 0.3 is 6.18 Å². The molecule has 0 aliphatic carbocycles. The molecule has 0 unspecified atom stereocenters. The molecule has 0 spiro atoms. The van der Waals surface area contributed by atoms with Crippen molar-refractivity contribution in [2.24, 2.45) is 5.92 Å². The number of nitrogens with two attached hydrogens (primary N) is 1. The number of carbonyl (C=O) groups is 1. The van der Waals surface area contributed by atoms with Crippen LogP contribution in [0.4, 0.5) is 30.6 Å². The van der Waals surface area contributed by atoms with E-state index in [1.807, 2.05) is 6.07 Å². The second kappa shape index (κ2) is 11.4. The molecule has 3 N–H and O–H groups in total. The third kappa shape index (κ3) is 6.74. The van der Waals surface area contributed by atoms with Crippen molar-refractivity contribution in [3.05, 3.63) is 35.4 Å². The fraction of sp³-hybridized carbons (Fsp3) is 0.455. The van der Waals surface area contributed by atoms with Gasteiger partial charge in [0.05, 0.1) is 12.1 Å². The van der Waals surface area contributed by atoms with Gasteiger partial charge in [0, 0.05) is 25.4 Å². The summed E-state index contributed by atoms with van der Waals surface area (Å²) in [6.45, 7) is 1.46. The second-order valence-corrected chi connectivity index (χ2v) is 8.58. The summed E-state index contributed by atoms with van der Waals surface area (Å²) in [5, 5.41) is 12.4. The van der Waals surface area contributed by atoms with Gasteiger partial charge in [-0.15, -0.1) is 11.8 Å². The maximum absolute atomic E-state index is 13.3. The third-order valence-corrected chi connectivity index (χ3v) is 6.16. The molecule has 2 aromatic rings. The molecule has 0 radical (unpaired) electrons. The van der Waals surface area contributed by atoms with Gasteiger partial charge < -0.3 is 20.7 Å². The first-order valence-corrected chi connectivity index (χ1v) is 11.8. The molecule has 182 valence electrons. The normalized spacial score (nSPS) is 14.4. The first-order chi connectivity index (χ1) is 16.2. The van der Waals surface area contributed by atoms with Crippen LogP contribution in [0.5, 0.6) is 0 Å². The number of ether oxygens (including phenoxy) is 1. The molecule has 8 nitrogen and oxygen atoms in total. The molecule has 1 amide bonds. The maximum Gasteiger partial charge on any atom is 0.416 e. The fourth-order valence-corrected chi connectivity index (χ4v) is 4.22. The van der Waals surface area contributed by atoms with Gasteiger partial charge in [-0.3, -0.25) is 4.79 Å². The number of thioether (sulfide) groups is 1. The van der Waals surface area contributed by atoms with E-state index in [0.29, 0.717) is 37.1 Å². The van der Waals surface area contributed by atoms with Crippen LogP contribution in [-0.2, 0) is 15.7 Å². The summed E-state index contributed by atoms with van der Waals surface area (Å²) in [5.74, 6) is -0.308. The van der Waals surface area contributed by atoms with Gasteiger partial charge in [-0.05, 0) is 49.6 Å². The van der Waals surface area contributed by atoms with E-state index in [-0.39, 0.29) is 29.6 Å². The van der Waals surface area contributed by atoms with E-state index in [0.717, 1.165) is 25.0 Å². The topological polar surface area (TPSA) is 117 Å². The SMILES string of the molecule is CSc1nc(N)nc(NC(=O)CN(CCC2CCOCC2)c2cccc(C(F)(F)F)c2)c1C#N. The van der Waals surface area contributed by atoms with E-state index in [2.05, 4.69) is 15.3 Å². The van der Waals surface area contributed by atoms with Crippen molar-refractivity contribution in [3.63, 3.8) is 0 Å². The second-order valence-electron chi connectivity index (χ2n) is 7.79. The number of nitrogens with zero attached hydrogens (tertiary/aromatic N) is 4. The van der Waals surface area contributed by atoms with Crippen LogP contribution in [0.2, 0.25) is 0 Å². The van der Waals surface area contributed by atoms with Crippen LogP contribution in [0.1, 0.15) is 30.4 Å². The lowest BCUT2D eigenvalue weighted by Crippen LogP contribution is -2.35. The zero-order chi connectivity index (χ0) is 24.7. The Bertz CT molecular complexity index is 1050. The highest BCUT2D eigenvalue weighted by Gasteiger charge is 2.31. The summed E-state index contributed by atoms with van der Waals surface area (Å²) in [5.41, 5.74) is 5.25. The Kier molecular flexibility index (Phi) is 8.57. The van der Waals surface area contributed by atoms with Crippen molar-refractivity contribution in [1.29, 1.82) is 5.26 Å². The molecule has 1 aliphatic heterocycles. The number of hydrogen-bond donors (Lipinski definition) is 2. The molecule has 34 heavy (non-hydrogen) atoms. The summed E-state index contributed by atoms with van der Waals surface area (Å²) in [6.07, 6.45) is -0.357. The number of nitriles is 1.